The van der Waals surface area contributed by atoms with Crippen LogP contribution in [-0.2, 0) is 11.3 Å². The topological polar surface area (TPSA) is 37.4 Å². The van der Waals surface area contributed by atoms with Gasteiger partial charge < -0.3 is 15.0 Å². The van der Waals surface area contributed by atoms with Crippen LogP contribution in [0.1, 0.15) is 50.8 Å². The van der Waals surface area contributed by atoms with Crippen LogP contribution in [0.15, 0.2) is 12.1 Å². The lowest BCUT2D eigenvalue weighted by molar-refractivity contribution is -0.00482. The van der Waals surface area contributed by atoms with E-state index in [1.54, 1.807) is 0 Å². The molecule has 0 aromatic carbocycles. The molecule has 1 aliphatic rings. The van der Waals surface area contributed by atoms with Gasteiger partial charge in [0.25, 0.3) is 0 Å². The van der Waals surface area contributed by atoms with Gasteiger partial charge in [0.1, 0.15) is 5.82 Å². The van der Waals surface area contributed by atoms with Gasteiger partial charge in [-0.15, -0.1) is 0 Å². The van der Waals surface area contributed by atoms with Gasteiger partial charge in [-0.25, -0.2) is 4.98 Å². The normalized spacial score (nSPS) is 22.9. The number of aromatic nitrogens is 1. The van der Waals surface area contributed by atoms with E-state index >= 15 is 0 Å². The third-order valence-electron chi connectivity index (χ3n) is 4.34. The monoisotopic (exact) mass is 291 g/mol. The van der Waals surface area contributed by atoms with E-state index in [4.69, 9.17) is 9.72 Å². The maximum absolute atomic E-state index is 5.70. The first-order chi connectivity index (χ1) is 9.97. The minimum atomic E-state index is -0.0586. The van der Waals surface area contributed by atoms with E-state index in [1.807, 2.05) is 14.2 Å². The fourth-order valence-electron chi connectivity index (χ4n) is 2.93. The van der Waals surface area contributed by atoms with Gasteiger partial charge >= 0.3 is 0 Å². The number of hydrogen-bond donors (Lipinski definition) is 1. The molecule has 2 rings (SSSR count). The predicted octanol–water partition coefficient (Wildman–Crippen LogP) is 2.93. The van der Waals surface area contributed by atoms with Gasteiger partial charge in [-0.05, 0) is 50.4 Å². The van der Waals surface area contributed by atoms with E-state index in [-0.39, 0.29) is 5.60 Å². The van der Waals surface area contributed by atoms with Crippen molar-refractivity contribution in [2.45, 2.75) is 51.7 Å². The van der Waals surface area contributed by atoms with Gasteiger partial charge in [-0.3, -0.25) is 0 Å². The van der Waals surface area contributed by atoms with E-state index in [9.17, 15) is 0 Å². The molecule has 1 N–H and O–H groups in total. The summed E-state index contributed by atoms with van der Waals surface area (Å²) < 4.78 is 5.70. The van der Waals surface area contributed by atoms with E-state index in [0.717, 1.165) is 38.3 Å². The highest BCUT2D eigenvalue weighted by Crippen LogP contribution is 2.28. The molecule has 0 radical (unpaired) electrons. The van der Waals surface area contributed by atoms with Crippen LogP contribution in [0.2, 0.25) is 0 Å². The van der Waals surface area contributed by atoms with Crippen molar-refractivity contribution in [3.63, 3.8) is 0 Å². The molecule has 118 valence electrons. The Labute approximate surface area is 128 Å². The third-order valence-corrected chi connectivity index (χ3v) is 4.34. The minimum Gasteiger partial charge on any atom is -0.377 e. The minimum absolute atomic E-state index is 0.0586. The van der Waals surface area contributed by atoms with E-state index in [2.05, 4.69) is 43.1 Å². The number of pyridine rings is 1. The van der Waals surface area contributed by atoms with Crippen molar-refractivity contribution in [1.82, 2.24) is 10.3 Å². The summed E-state index contributed by atoms with van der Waals surface area (Å²) in [5.41, 5.74) is 2.41. The molecular weight excluding hydrogens is 262 g/mol. The van der Waals surface area contributed by atoms with Crippen LogP contribution in [0.5, 0.6) is 0 Å². The van der Waals surface area contributed by atoms with Crippen molar-refractivity contribution >= 4 is 5.82 Å². The quantitative estimate of drug-likeness (QED) is 0.905. The highest BCUT2D eigenvalue weighted by molar-refractivity contribution is 5.44. The molecular formula is C17H29N3O. The van der Waals surface area contributed by atoms with Gasteiger partial charge in [-0.2, -0.15) is 0 Å². The average molecular weight is 291 g/mol. The van der Waals surface area contributed by atoms with Gasteiger partial charge in [0.2, 0.25) is 0 Å². The first kappa shape index (κ1) is 16.2. The Bertz CT molecular complexity index is 475. The van der Waals surface area contributed by atoms with E-state index in [0.29, 0.717) is 5.92 Å². The van der Waals surface area contributed by atoms with Gasteiger partial charge in [0, 0.05) is 32.4 Å². The number of ether oxygens (including phenoxy) is 1. The first-order valence-electron chi connectivity index (χ1n) is 7.93. The molecule has 0 bridgehead atoms. The van der Waals surface area contributed by atoms with Crippen molar-refractivity contribution in [1.29, 1.82) is 0 Å². The summed E-state index contributed by atoms with van der Waals surface area (Å²) in [7, 11) is 3.80. The van der Waals surface area contributed by atoms with Crippen molar-refractivity contribution < 1.29 is 4.74 Å². The van der Waals surface area contributed by atoms with Crippen LogP contribution in [0.3, 0.4) is 0 Å². The van der Waals surface area contributed by atoms with Gasteiger partial charge in [0.15, 0.2) is 0 Å². The lowest BCUT2D eigenvalue weighted by Gasteiger charge is -2.40. The number of rotatable bonds is 5. The Morgan fingerprint density at radius 3 is 2.81 bits per heavy atom. The summed E-state index contributed by atoms with van der Waals surface area (Å²) in [6.07, 6.45) is 2.27. The van der Waals surface area contributed by atoms with Crippen molar-refractivity contribution in [2.75, 3.05) is 32.1 Å². The fraction of sp³-hybridized carbons (Fsp3) is 0.706. The Kier molecular flexibility index (Phi) is 5.22. The molecule has 1 aromatic rings. The molecule has 4 nitrogen and oxygen atoms in total. The SMILES string of the molecule is CNCc1cc(C(C)C)nc(N2CCCC(C)(OC)C2)c1. The highest BCUT2D eigenvalue weighted by Gasteiger charge is 2.31. The molecule has 1 unspecified atom stereocenters. The molecule has 21 heavy (non-hydrogen) atoms. The molecule has 1 fully saturated rings. The Morgan fingerprint density at radius 1 is 1.43 bits per heavy atom. The van der Waals surface area contributed by atoms with Gasteiger partial charge in [0.05, 0.1) is 5.60 Å². The van der Waals surface area contributed by atoms with Crippen LogP contribution >= 0.6 is 0 Å². The molecule has 4 heteroatoms. The second-order valence-electron chi connectivity index (χ2n) is 6.62. The summed E-state index contributed by atoms with van der Waals surface area (Å²) in [5.74, 6) is 1.54. The number of piperidine rings is 1. The third kappa shape index (κ3) is 3.95. The van der Waals surface area contributed by atoms with Crippen LogP contribution in [0.25, 0.3) is 0 Å². The first-order valence-corrected chi connectivity index (χ1v) is 7.93. The molecule has 1 saturated heterocycles. The fourth-order valence-corrected chi connectivity index (χ4v) is 2.93. The molecule has 1 atom stereocenters. The molecule has 2 heterocycles. The standard InChI is InChI=1S/C17H29N3O/c1-13(2)15-9-14(11-18-4)10-16(19-15)20-8-6-7-17(3,12-20)21-5/h9-10,13,18H,6-8,11-12H2,1-5H3. The van der Waals surface area contributed by atoms with Crippen molar-refractivity contribution in [2.24, 2.45) is 0 Å². The predicted molar refractivity (Wildman–Crippen MR) is 88.0 cm³/mol. The van der Waals surface area contributed by atoms with E-state index < -0.39 is 0 Å². The number of nitrogens with zero attached hydrogens (tertiary/aromatic N) is 2. The van der Waals surface area contributed by atoms with Crippen molar-refractivity contribution in [3.05, 3.63) is 23.4 Å². The summed E-state index contributed by atoms with van der Waals surface area (Å²) in [6, 6.07) is 4.42. The number of methoxy groups -OCH3 is 1. The lowest BCUT2D eigenvalue weighted by atomic mass is 9.94. The summed E-state index contributed by atoms with van der Waals surface area (Å²) >= 11 is 0. The van der Waals surface area contributed by atoms with Crippen molar-refractivity contribution in [3.8, 4) is 0 Å². The van der Waals surface area contributed by atoms with Crippen LogP contribution in [0.4, 0.5) is 5.82 Å². The molecule has 0 saturated carbocycles. The van der Waals surface area contributed by atoms with Crippen LogP contribution in [0, 0.1) is 0 Å². The number of anilines is 1. The maximum Gasteiger partial charge on any atom is 0.129 e. The zero-order chi connectivity index (χ0) is 15.5. The Hall–Kier alpha value is -1.13. The summed E-state index contributed by atoms with van der Waals surface area (Å²) in [4.78, 5) is 7.25. The molecule has 1 aromatic heterocycles. The molecule has 0 amide bonds. The lowest BCUT2D eigenvalue weighted by Crippen LogP contribution is -2.47. The molecule has 1 aliphatic heterocycles. The average Bonchev–Trinajstić information content (AvgIpc) is 2.47. The molecule has 0 spiro atoms. The summed E-state index contributed by atoms with van der Waals surface area (Å²) in [5, 5.41) is 3.24. The van der Waals surface area contributed by atoms with Crippen LogP contribution in [-0.4, -0.2) is 37.8 Å². The highest BCUT2D eigenvalue weighted by atomic mass is 16.5. The maximum atomic E-state index is 5.70. The van der Waals surface area contributed by atoms with Gasteiger partial charge in [-0.1, -0.05) is 13.8 Å². The van der Waals surface area contributed by atoms with E-state index in [1.165, 1.54) is 11.3 Å². The molecule has 0 aliphatic carbocycles. The second-order valence-corrected chi connectivity index (χ2v) is 6.62. The zero-order valence-electron chi connectivity index (χ0n) is 14.1. The number of hydrogen-bond acceptors (Lipinski definition) is 4. The number of nitrogens with one attached hydrogen (secondary N) is 1. The van der Waals surface area contributed by atoms with Crippen LogP contribution < -0.4 is 10.2 Å². The largest absolute Gasteiger partial charge is 0.377 e. The Balaban J connectivity index is 2.29. The summed E-state index contributed by atoms with van der Waals surface area (Å²) in [6.45, 7) is 9.45. The smallest absolute Gasteiger partial charge is 0.129 e. The second kappa shape index (κ2) is 6.75. The zero-order valence-corrected chi connectivity index (χ0v) is 14.1. The Morgan fingerprint density at radius 2 is 2.19 bits per heavy atom.